The van der Waals surface area contributed by atoms with E-state index in [4.69, 9.17) is 0 Å². The van der Waals surface area contributed by atoms with E-state index in [9.17, 15) is 5.11 Å². The molecule has 104 valence electrons. The molecule has 0 fully saturated rings. The van der Waals surface area contributed by atoms with Gasteiger partial charge < -0.3 is 5.11 Å². The Kier molecular flexibility index (Phi) is 3.26. The van der Waals surface area contributed by atoms with Crippen LogP contribution in [0.1, 0.15) is 17.2 Å². The van der Waals surface area contributed by atoms with Crippen LogP contribution in [0.15, 0.2) is 59.3 Å². The van der Waals surface area contributed by atoms with Gasteiger partial charge in [-0.15, -0.1) is 22.7 Å². The van der Waals surface area contributed by atoms with Crippen molar-refractivity contribution < 1.29 is 5.11 Å². The lowest BCUT2D eigenvalue weighted by Crippen LogP contribution is -2.00. The third-order valence-electron chi connectivity index (χ3n) is 3.84. The SMILES string of the molecule is OC(Cc1csc2ccccc12)c1csc2ccccc12. The van der Waals surface area contributed by atoms with Crippen molar-refractivity contribution in [2.75, 3.05) is 0 Å². The molecule has 1 N–H and O–H groups in total. The number of hydrogen-bond acceptors (Lipinski definition) is 3. The molecule has 0 aliphatic heterocycles. The maximum Gasteiger partial charge on any atom is 0.0844 e. The third-order valence-corrected chi connectivity index (χ3v) is 5.84. The molecule has 0 aliphatic rings. The Hall–Kier alpha value is -1.68. The molecule has 4 aromatic rings. The highest BCUT2D eigenvalue weighted by molar-refractivity contribution is 7.17. The first-order valence-electron chi connectivity index (χ1n) is 6.92. The molecule has 4 rings (SSSR count). The van der Waals surface area contributed by atoms with Gasteiger partial charge in [0, 0.05) is 15.8 Å². The average Bonchev–Trinajstić information content (AvgIpc) is 3.12. The van der Waals surface area contributed by atoms with Crippen molar-refractivity contribution in [1.82, 2.24) is 0 Å². The van der Waals surface area contributed by atoms with Crippen molar-refractivity contribution in [3.05, 3.63) is 70.4 Å². The van der Waals surface area contributed by atoms with Gasteiger partial charge in [0.1, 0.15) is 0 Å². The Morgan fingerprint density at radius 2 is 1.43 bits per heavy atom. The van der Waals surface area contributed by atoms with E-state index < -0.39 is 6.10 Å². The van der Waals surface area contributed by atoms with Crippen LogP contribution < -0.4 is 0 Å². The number of thiophene rings is 2. The highest BCUT2D eigenvalue weighted by Crippen LogP contribution is 2.34. The minimum Gasteiger partial charge on any atom is -0.388 e. The highest BCUT2D eigenvalue weighted by Gasteiger charge is 2.15. The first kappa shape index (κ1) is 13.0. The van der Waals surface area contributed by atoms with Gasteiger partial charge in [0.15, 0.2) is 0 Å². The fourth-order valence-corrected chi connectivity index (χ4v) is 4.75. The van der Waals surface area contributed by atoms with Gasteiger partial charge in [-0.25, -0.2) is 0 Å². The van der Waals surface area contributed by atoms with Gasteiger partial charge in [-0.2, -0.15) is 0 Å². The number of hydrogen-bond donors (Lipinski definition) is 1. The molecule has 0 spiro atoms. The Labute approximate surface area is 131 Å². The standard InChI is InChI=1S/C18H14OS2/c19-16(15-11-21-18-8-4-2-6-14(15)18)9-12-10-20-17-7-3-1-5-13(12)17/h1-8,10-11,16,19H,9H2. The molecule has 0 radical (unpaired) electrons. The molecule has 1 nitrogen and oxygen atoms in total. The summed E-state index contributed by atoms with van der Waals surface area (Å²) in [7, 11) is 0. The van der Waals surface area contributed by atoms with Crippen LogP contribution in [-0.2, 0) is 6.42 Å². The number of rotatable bonds is 3. The van der Waals surface area contributed by atoms with E-state index in [0.29, 0.717) is 6.42 Å². The Bertz CT molecular complexity index is 904. The molecular formula is C18H14OS2. The van der Waals surface area contributed by atoms with E-state index in [2.05, 4.69) is 47.2 Å². The third kappa shape index (κ3) is 2.27. The molecule has 2 aromatic heterocycles. The summed E-state index contributed by atoms with van der Waals surface area (Å²) in [6, 6.07) is 16.7. The Balaban J connectivity index is 1.71. The first-order chi connectivity index (χ1) is 10.3. The van der Waals surface area contributed by atoms with Crippen molar-refractivity contribution in [3.8, 4) is 0 Å². The van der Waals surface area contributed by atoms with E-state index in [1.807, 2.05) is 12.1 Å². The van der Waals surface area contributed by atoms with Gasteiger partial charge in [0.25, 0.3) is 0 Å². The van der Waals surface area contributed by atoms with Crippen LogP contribution in [0.3, 0.4) is 0 Å². The van der Waals surface area contributed by atoms with Gasteiger partial charge in [-0.3, -0.25) is 0 Å². The molecule has 3 heteroatoms. The van der Waals surface area contributed by atoms with Crippen LogP contribution in [0, 0.1) is 0 Å². The normalized spacial score (nSPS) is 13.0. The van der Waals surface area contributed by atoms with Crippen molar-refractivity contribution >= 4 is 42.8 Å². The van der Waals surface area contributed by atoms with Crippen LogP contribution in [0.25, 0.3) is 20.2 Å². The smallest absolute Gasteiger partial charge is 0.0844 e. The van der Waals surface area contributed by atoms with Crippen LogP contribution in [0.2, 0.25) is 0 Å². The fourth-order valence-electron chi connectivity index (χ4n) is 2.77. The second-order valence-corrected chi connectivity index (χ2v) is 6.99. The van der Waals surface area contributed by atoms with Gasteiger partial charge in [0.05, 0.1) is 6.10 Å². The summed E-state index contributed by atoms with van der Waals surface area (Å²) < 4.78 is 2.52. The minimum atomic E-state index is -0.445. The Morgan fingerprint density at radius 1 is 0.810 bits per heavy atom. The van der Waals surface area contributed by atoms with Crippen molar-refractivity contribution in [2.24, 2.45) is 0 Å². The molecule has 0 amide bonds. The number of aliphatic hydroxyl groups excluding tert-OH is 1. The van der Waals surface area contributed by atoms with Gasteiger partial charge in [-0.1, -0.05) is 36.4 Å². The van der Waals surface area contributed by atoms with Gasteiger partial charge >= 0.3 is 0 Å². The zero-order valence-electron chi connectivity index (χ0n) is 11.3. The van der Waals surface area contributed by atoms with E-state index in [0.717, 1.165) is 5.56 Å². The maximum atomic E-state index is 10.6. The van der Waals surface area contributed by atoms with Crippen molar-refractivity contribution in [1.29, 1.82) is 0 Å². The molecule has 1 atom stereocenters. The van der Waals surface area contributed by atoms with E-state index in [1.165, 1.54) is 25.7 Å². The highest BCUT2D eigenvalue weighted by atomic mass is 32.1. The maximum absolute atomic E-state index is 10.6. The van der Waals surface area contributed by atoms with Crippen LogP contribution in [-0.4, -0.2) is 5.11 Å². The van der Waals surface area contributed by atoms with Crippen LogP contribution in [0.4, 0.5) is 0 Å². The lowest BCUT2D eigenvalue weighted by atomic mass is 10.0. The predicted molar refractivity (Wildman–Crippen MR) is 92.3 cm³/mol. The molecule has 0 saturated heterocycles. The molecular weight excluding hydrogens is 296 g/mol. The molecule has 2 heterocycles. The summed E-state index contributed by atoms with van der Waals surface area (Å²) in [5, 5.41) is 17.3. The van der Waals surface area contributed by atoms with Gasteiger partial charge in [-0.05, 0) is 44.8 Å². The molecule has 21 heavy (non-hydrogen) atoms. The van der Waals surface area contributed by atoms with Crippen LogP contribution >= 0.6 is 22.7 Å². The summed E-state index contributed by atoms with van der Waals surface area (Å²) in [5.41, 5.74) is 2.28. The summed E-state index contributed by atoms with van der Waals surface area (Å²) >= 11 is 3.45. The summed E-state index contributed by atoms with van der Waals surface area (Å²) in [6.07, 6.45) is 0.226. The zero-order chi connectivity index (χ0) is 14.2. The molecule has 0 aliphatic carbocycles. The summed E-state index contributed by atoms with van der Waals surface area (Å²) in [5.74, 6) is 0. The van der Waals surface area contributed by atoms with E-state index >= 15 is 0 Å². The molecule has 0 bridgehead atoms. The van der Waals surface area contributed by atoms with Gasteiger partial charge in [0.2, 0.25) is 0 Å². The second-order valence-electron chi connectivity index (χ2n) is 5.16. The largest absolute Gasteiger partial charge is 0.388 e. The molecule has 1 unspecified atom stereocenters. The summed E-state index contributed by atoms with van der Waals surface area (Å²) in [6.45, 7) is 0. The molecule has 0 saturated carbocycles. The first-order valence-corrected chi connectivity index (χ1v) is 8.68. The summed E-state index contributed by atoms with van der Waals surface area (Å²) in [4.78, 5) is 0. The van der Waals surface area contributed by atoms with Crippen molar-refractivity contribution in [3.63, 3.8) is 0 Å². The quantitative estimate of drug-likeness (QED) is 0.538. The van der Waals surface area contributed by atoms with Crippen molar-refractivity contribution in [2.45, 2.75) is 12.5 Å². The minimum absolute atomic E-state index is 0.445. The Morgan fingerprint density at radius 3 is 2.24 bits per heavy atom. The molecule has 2 aromatic carbocycles. The van der Waals surface area contributed by atoms with E-state index in [1.54, 1.807) is 22.7 Å². The van der Waals surface area contributed by atoms with Crippen LogP contribution in [0.5, 0.6) is 0 Å². The van der Waals surface area contributed by atoms with E-state index in [-0.39, 0.29) is 0 Å². The number of benzene rings is 2. The predicted octanol–water partition coefficient (Wildman–Crippen LogP) is 5.39. The lowest BCUT2D eigenvalue weighted by Gasteiger charge is -2.09. The second kappa shape index (κ2) is 5.26. The number of aliphatic hydroxyl groups is 1. The topological polar surface area (TPSA) is 20.2 Å². The fraction of sp³-hybridized carbons (Fsp3) is 0.111. The number of fused-ring (bicyclic) bond motifs is 2. The lowest BCUT2D eigenvalue weighted by molar-refractivity contribution is 0.181. The average molecular weight is 310 g/mol. The zero-order valence-corrected chi connectivity index (χ0v) is 13.0. The monoisotopic (exact) mass is 310 g/mol.